The third-order valence-corrected chi connectivity index (χ3v) is 15.6. The molecular weight excluding hydrogens is 586 g/mol. The summed E-state index contributed by atoms with van der Waals surface area (Å²) in [6.45, 7) is 23.1. The van der Waals surface area contributed by atoms with Gasteiger partial charge in [-0.2, -0.15) is 0 Å². The molecule has 5 rings (SSSR count). The maximum Gasteiger partial charge on any atom is 0.306 e. The number of rotatable bonds is 9. The van der Waals surface area contributed by atoms with Crippen LogP contribution in [-0.4, -0.2) is 35.6 Å². The molecule has 6 nitrogen and oxygen atoms in total. The third kappa shape index (κ3) is 5.88. The number of esters is 1. The minimum atomic E-state index is -0.887. The summed E-state index contributed by atoms with van der Waals surface area (Å²) in [4.78, 5) is 37.7. The second kappa shape index (κ2) is 12.2. The minimum Gasteiger partial charge on any atom is -0.481 e. The molecule has 6 heteroatoms. The molecule has 10 atom stereocenters. The van der Waals surface area contributed by atoms with E-state index in [4.69, 9.17) is 11.2 Å². The summed E-state index contributed by atoms with van der Waals surface area (Å²) >= 11 is 0. The summed E-state index contributed by atoms with van der Waals surface area (Å²) in [6, 6.07) is 0. The lowest BCUT2D eigenvalue weighted by atomic mass is 9.32. The van der Waals surface area contributed by atoms with Crippen molar-refractivity contribution in [3.05, 3.63) is 12.2 Å². The van der Waals surface area contributed by atoms with Crippen molar-refractivity contribution < 1.29 is 24.2 Å². The van der Waals surface area contributed by atoms with Crippen LogP contribution in [0, 0.1) is 74.4 Å². The maximum atomic E-state index is 13.2. The monoisotopic (exact) mass is 649 g/mol. The molecule has 5 saturated carbocycles. The van der Waals surface area contributed by atoms with Gasteiger partial charge in [-0.05, 0) is 128 Å². The molecule has 1 amide bonds. The van der Waals surface area contributed by atoms with E-state index in [0.717, 1.165) is 38.5 Å². The van der Waals surface area contributed by atoms with Crippen LogP contribution in [0.1, 0.15) is 139 Å². The van der Waals surface area contributed by atoms with Gasteiger partial charge in [0.1, 0.15) is 6.10 Å². The fraction of sp³-hybridized carbons (Fsp3) is 0.829. The van der Waals surface area contributed by atoms with Crippen molar-refractivity contribution in [3.8, 4) is 12.3 Å². The number of aliphatic carboxylic acids is 1. The number of amides is 1. The number of carbonyl (C=O) groups excluding carboxylic acids is 2. The number of hydrogen-bond donors (Lipinski definition) is 2. The molecule has 0 spiro atoms. The van der Waals surface area contributed by atoms with Gasteiger partial charge in [0.2, 0.25) is 5.91 Å². The van der Waals surface area contributed by atoms with E-state index in [0.29, 0.717) is 42.6 Å². The molecule has 0 aromatic rings. The molecule has 262 valence electrons. The molecule has 0 aromatic carbocycles. The van der Waals surface area contributed by atoms with Crippen LogP contribution in [0.5, 0.6) is 0 Å². The molecule has 0 aromatic heterocycles. The number of terminal acetylenes is 1. The van der Waals surface area contributed by atoms with Crippen molar-refractivity contribution in [2.75, 3.05) is 6.54 Å². The highest BCUT2D eigenvalue weighted by atomic mass is 16.5. The molecule has 0 aliphatic heterocycles. The minimum absolute atomic E-state index is 0.0275. The Balaban J connectivity index is 1.39. The van der Waals surface area contributed by atoms with Crippen LogP contribution in [0.3, 0.4) is 0 Å². The average molecular weight is 650 g/mol. The van der Waals surface area contributed by atoms with Crippen LogP contribution in [0.2, 0.25) is 0 Å². The molecule has 0 saturated heterocycles. The van der Waals surface area contributed by atoms with Gasteiger partial charge in [0.05, 0.1) is 19.4 Å². The van der Waals surface area contributed by atoms with Gasteiger partial charge < -0.3 is 15.2 Å². The summed E-state index contributed by atoms with van der Waals surface area (Å²) < 4.78 is 6.25. The average Bonchev–Trinajstić information content (AvgIpc) is 3.32. The van der Waals surface area contributed by atoms with Gasteiger partial charge in [-0.1, -0.05) is 66.5 Å². The summed E-state index contributed by atoms with van der Waals surface area (Å²) in [6.07, 6.45) is 17.1. The van der Waals surface area contributed by atoms with Crippen LogP contribution in [-0.2, 0) is 19.1 Å². The molecular formula is C41H63NO5. The summed E-state index contributed by atoms with van der Waals surface area (Å²) in [5.74, 6) is 4.09. The summed E-state index contributed by atoms with van der Waals surface area (Å²) in [5, 5.41) is 12.3. The van der Waals surface area contributed by atoms with Gasteiger partial charge in [0.15, 0.2) is 0 Å². The topological polar surface area (TPSA) is 92.7 Å². The Bertz CT molecular complexity index is 1330. The second-order valence-electron chi connectivity index (χ2n) is 19.0. The smallest absolute Gasteiger partial charge is 0.306 e. The van der Waals surface area contributed by atoms with Gasteiger partial charge in [-0.3, -0.25) is 14.4 Å². The molecule has 2 N–H and O–H groups in total. The van der Waals surface area contributed by atoms with E-state index in [1.54, 1.807) is 0 Å². The number of hydrogen-bond acceptors (Lipinski definition) is 4. The van der Waals surface area contributed by atoms with E-state index >= 15 is 0 Å². The second-order valence-corrected chi connectivity index (χ2v) is 19.0. The first-order valence-corrected chi connectivity index (χ1v) is 18.5. The van der Waals surface area contributed by atoms with Crippen molar-refractivity contribution in [1.29, 1.82) is 0 Å². The highest BCUT2D eigenvalue weighted by Gasteiger charge is 2.71. The third-order valence-electron chi connectivity index (χ3n) is 15.6. The highest BCUT2D eigenvalue weighted by molar-refractivity contribution is 5.77. The molecule has 0 unspecified atom stereocenters. The van der Waals surface area contributed by atoms with Gasteiger partial charge in [-0.25, -0.2) is 0 Å². The zero-order valence-corrected chi connectivity index (χ0v) is 30.7. The van der Waals surface area contributed by atoms with Crippen LogP contribution in [0.25, 0.3) is 0 Å². The lowest BCUT2D eigenvalue weighted by molar-refractivity contribution is -0.250. The number of allylic oxidation sites excluding steroid dienone is 1. The van der Waals surface area contributed by atoms with Crippen LogP contribution < -0.4 is 5.32 Å². The lowest BCUT2D eigenvalue weighted by Crippen LogP contribution is -2.67. The van der Waals surface area contributed by atoms with Crippen molar-refractivity contribution >= 4 is 17.8 Å². The fourth-order valence-corrected chi connectivity index (χ4v) is 13.4. The molecule has 5 aliphatic carbocycles. The van der Waals surface area contributed by atoms with E-state index in [-0.39, 0.29) is 57.9 Å². The Hall–Kier alpha value is -2.29. The number of carboxylic acid groups (broad SMARTS) is 1. The van der Waals surface area contributed by atoms with Gasteiger partial charge in [-0.15, -0.1) is 6.42 Å². The fourth-order valence-electron chi connectivity index (χ4n) is 13.4. The van der Waals surface area contributed by atoms with E-state index in [1.807, 2.05) is 13.8 Å². The first kappa shape index (κ1) is 36.0. The van der Waals surface area contributed by atoms with Crippen LogP contribution in [0.15, 0.2) is 12.2 Å². The SMILES string of the molecule is C#CCNC(=O)C[C@]12CC[C@@H](C(=C)C)[C@@H]1[C@H]1CC[C@@H]3[C@@]4(C)CC[C@H](OC(=O)CC(C)(C)CC(=O)O)C(C)(C)[C@@H]4CC[C@@]3(C)[C@]1(C)CC2. The standard InChI is InChI=1S/C41H63NO5/c1-11-22-42-32(43)23-41-19-14-27(26(2)3)35(41)28-12-13-30-38(8)17-16-31(47-34(46)25-36(4,5)24-33(44)45)37(6,7)29(38)15-18-40(30,10)39(28,9)20-21-41/h1,27-31,35H,2,12-25H2,3-10H3,(H,42,43)(H,44,45)/t27-,28+,29-,30+,31-,35+,38-,39+,40+,41+/m0/s1. The van der Waals surface area contributed by atoms with Crippen molar-refractivity contribution in [1.82, 2.24) is 5.32 Å². The number of fused-ring (bicyclic) bond motifs is 7. The van der Waals surface area contributed by atoms with E-state index < -0.39 is 11.4 Å². The Morgan fingerprint density at radius 2 is 1.62 bits per heavy atom. The summed E-state index contributed by atoms with van der Waals surface area (Å²) in [5.41, 5.74) is 1.05. The Morgan fingerprint density at radius 3 is 2.26 bits per heavy atom. The predicted octanol–water partition coefficient (Wildman–Crippen LogP) is 8.59. The van der Waals surface area contributed by atoms with Crippen molar-refractivity contribution in [2.24, 2.45) is 62.1 Å². The van der Waals surface area contributed by atoms with Crippen molar-refractivity contribution in [2.45, 2.75) is 145 Å². The van der Waals surface area contributed by atoms with E-state index in [9.17, 15) is 19.5 Å². The van der Waals surface area contributed by atoms with Crippen molar-refractivity contribution in [3.63, 3.8) is 0 Å². The number of carbonyl (C=O) groups is 3. The largest absolute Gasteiger partial charge is 0.481 e. The van der Waals surface area contributed by atoms with Gasteiger partial charge in [0, 0.05) is 11.8 Å². The highest BCUT2D eigenvalue weighted by Crippen LogP contribution is 2.78. The van der Waals surface area contributed by atoms with Gasteiger partial charge >= 0.3 is 11.9 Å². The number of nitrogens with one attached hydrogen (secondary N) is 1. The molecule has 0 bridgehead atoms. The van der Waals surface area contributed by atoms with E-state index in [1.165, 1.54) is 31.3 Å². The van der Waals surface area contributed by atoms with E-state index in [2.05, 4.69) is 59.4 Å². The zero-order valence-electron chi connectivity index (χ0n) is 30.7. The van der Waals surface area contributed by atoms with Crippen LogP contribution >= 0.6 is 0 Å². The first-order valence-electron chi connectivity index (χ1n) is 18.5. The molecule has 0 heterocycles. The first-order chi connectivity index (χ1) is 21.8. The molecule has 0 radical (unpaired) electrons. The molecule has 5 aliphatic rings. The Morgan fingerprint density at radius 1 is 0.915 bits per heavy atom. The quantitative estimate of drug-likeness (QED) is 0.148. The van der Waals surface area contributed by atoms with Crippen LogP contribution in [0.4, 0.5) is 0 Å². The summed E-state index contributed by atoms with van der Waals surface area (Å²) in [7, 11) is 0. The molecule has 47 heavy (non-hydrogen) atoms. The molecule has 5 fully saturated rings. The predicted molar refractivity (Wildman–Crippen MR) is 186 cm³/mol. The Kier molecular flexibility index (Phi) is 9.38. The Labute approximate surface area is 285 Å². The van der Waals surface area contributed by atoms with Gasteiger partial charge in [0.25, 0.3) is 0 Å². The maximum absolute atomic E-state index is 13.2. The lowest BCUT2D eigenvalue weighted by Gasteiger charge is -2.73. The zero-order chi connectivity index (χ0) is 34.8. The number of ether oxygens (including phenoxy) is 1. The number of carboxylic acids is 1. The normalized spacial score (nSPS) is 42.0.